The lowest BCUT2D eigenvalue weighted by molar-refractivity contribution is -0.139. The van der Waals surface area contributed by atoms with Crippen molar-refractivity contribution in [2.24, 2.45) is 0 Å². The van der Waals surface area contributed by atoms with Gasteiger partial charge in [0.15, 0.2) is 0 Å². The first kappa shape index (κ1) is 12.1. The number of carbonyl (C=O) groups excluding carboxylic acids is 1. The molecule has 0 bridgehead atoms. The van der Waals surface area contributed by atoms with Crippen LogP contribution in [0.1, 0.15) is 24.1 Å². The summed E-state index contributed by atoms with van der Waals surface area (Å²) in [5.74, 6) is -0.776. The summed E-state index contributed by atoms with van der Waals surface area (Å²) in [4.78, 5) is 25.5. The predicted octanol–water partition coefficient (Wildman–Crippen LogP) is 1.76. The molecule has 0 saturated carbocycles. The molecule has 0 spiro atoms. The third kappa shape index (κ3) is 3.06. The molecule has 1 saturated heterocycles. The number of rotatable bonds is 4. The van der Waals surface area contributed by atoms with Crippen molar-refractivity contribution in [2.45, 2.75) is 31.7 Å². The van der Waals surface area contributed by atoms with Crippen molar-refractivity contribution in [2.75, 3.05) is 6.54 Å². The Morgan fingerprint density at radius 1 is 1.53 bits per heavy atom. The zero-order chi connectivity index (χ0) is 12.3. The van der Waals surface area contributed by atoms with Gasteiger partial charge in [-0.2, -0.15) is 0 Å². The highest BCUT2D eigenvalue weighted by Gasteiger charge is 2.30. The largest absolute Gasteiger partial charge is 0.481 e. The fraction of sp³-hybridized carbons (Fsp3) is 0.500. The molecule has 1 fully saturated rings. The molecule has 1 amide bonds. The number of amides is 1. The van der Waals surface area contributed by atoms with Crippen LogP contribution in [0.4, 0.5) is 0 Å². The second-order valence-corrected chi connectivity index (χ2v) is 5.27. The van der Waals surface area contributed by atoms with Crippen LogP contribution in [0.25, 0.3) is 0 Å². The van der Waals surface area contributed by atoms with Crippen LogP contribution in [-0.2, 0) is 16.0 Å². The Balaban J connectivity index is 1.96. The van der Waals surface area contributed by atoms with Gasteiger partial charge in [-0.1, -0.05) is 6.07 Å². The van der Waals surface area contributed by atoms with E-state index in [-0.39, 0.29) is 18.4 Å². The van der Waals surface area contributed by atoms with Gasteiger partial charge in [-0.3, -0.25) is 9.59 Å². The van der Waals surface area contributed by atoms with E-state index < -0.39 is 5.97 Å². The topological polar surface area (TPSA) is 57.6 Å². The van der Waals surface area contributed by atoms with E-state index in [2.05, 4.69) is 0 Å². The minimum atomic E-state index is -0.828. The minimum absolute atomic E-state index is 0.0520. The first-order chi connectivity index (χ1) is 8.16. The standard InChI is InChI=1S/C12H15NO3S/c14-11(8-10-4-2-6-17-10)13-5-1-3-9(13)7-12(15)16/h2,4,6,9H,1,3,5,7-8H2,(H,15,16). The van der Waals surface area contributed by atoms with Crippen molar-refractivity contribution in [3.05, 3.63) is 22.4 Å². The molecule has 1 unspecified atom stereocenters. The van der Waals surface area contributed by atoms with Gasteiger partial charge in [0.1, 0.15) is 0 Å². The van der Waals surface area contributed by atoms with Crippen molar-refractivity contribution in [3.8, 4) is 0 Å². The average molecular weight is 253 g/mol. The van der Waals surface area contributed by atoms with Gasteiger partial charge in [0.25, 0.3) is 0 Å². The van der Waals surface area contributed by atoms with E-state index in [0.29, 0.717) is 13.0 Å². The number of carbonyl (C=O) groups is 2. The van der Waals surface area contributed by atoms with Crippen molar-refractivity contribution >= 4 is 23.2 Å². The Hall–Kier alpha value is -1.36. The number of carboxylic acids is 1. The summed E-state index contributed by atoms with van der Waals surface area (Å²) in [6, 6.07) is 3.75. The summed E-state index contributed by atoms with van der Waals surface area (Å²) in [6.07, 6.45) is 2.18. The fourth-order valence-electron chi connectivity index (χ4n) is 2.24. The molecule has 1 aromatic heterocycles. The molecule has 1 atom stereocenters. The second-order valence-electron chi connectivity index (χ2n) is 4.24. The van der Waals surface area contributed by atoms with E-state index in [0.717, 1.165) is 17.7 Å². The number of nitrogens with zero attached hydrogens (tertiary/aromatic N) is 1. The van der Waals surface area contributed by atoms with E-state index >= 15 is 0 Å². The van der Waals surface area contributed by atoms with Gasteiger partial charge in [0.2, 0.25) is 5.91 Å². The monoisotopic (exact) mass is 253 g/mol. The number of carboxylic acid groups (broad SMARTS) is 1. The van der Waals surface area contributed by atoms with Crippen LogP contribution in [0, 0.1) is 0 Å². The maximum atomic E-state index is 12.0. The lowest BCUT2D eigenvalue weighted by Crippen LogP contribution is -2.37. The zero-order valence-electron chi connectivity index (χ0n) is 9.46. The van der Waals surface area contributed by atoms with Gasteiger partial charge in [0, 0.05) is 17.5 Å². The first-order valence-electron chi connectivity index (χ1n) is 5.70. The van der Waals surface area contributed by atoms with Crippen molar-refractivity contribution < 1.29 is 14.7 Å². The lowest BCUT2D eigenvalue weighted by Gasteiger charge is -2.23. The number of hydrogen-bond donors (Lipinski definition) is 1. The molecule has 0 aliphatic carbocycles. The Labute approximate surface area is 104 Å². The third-order valence-corrected chi connectivity index (χ3v) is 3.89. The van der Waals surface area contributed by atoms with Crippen LogP contribution >= 0.6 is 11.3 Å². The summed E-state index contributed by atoms with van der Waals surface area (Å²) in [5.41, 5.74) is 0. The van der Waals surface area contributed by atoms with Gasteiger partial charge in [0.05, 0.1) is 12.8 Å². The predicted molar refractivity (Wildman–Crippen MR) is 65.0 cm³/mol. The number of thiophene rings is 1. The average Bonchev–Trinajstić information content (AvgIpc) is 2.87. The molecule has 1 aliphatic heterocycles. The zero-order valence-corrected chi connectivity index (χ0v) is 10.3. The fourth-order valence-corrected chi connectivity index (χ4v) is 2.94. The van der Waals surface area contributed by atoms with Crippen LogP contribution in [-0.4, -0.2) is 34.5 Å². The molecule has 1 aliphatic rings. The van der Waals surface area contributed by atoms with E-state index in [9.17, 15) is 9.59 Å². The van der Waals surface area contributed by atoms with E-state index in [1.807, 2.05) is 17.5 Å². The highest BCUT2D eigenvalue weighted by atomic mass is 32.1. The second kappa shape index (κ2) is 5.31. The summed E-state index contributed by atoms with van der Waals surface area (Å²) >= 11 is 1.56. The number of hydrogen-bond acceptors (Lipinski definition) is 3. The van der Waals surface area contributed by atoms with E-state index in [1.54, 1.807) is 16.2 Å². The number of likely N-dealkylation sites (tertiary alicyclic amines) is 1. The van der Waals surface area contributed by atoms with Crippen molar-refractivity contribution in [3.63, 3.8) is 0 Å². The molecule has 2 rings (SSSR count). The first-order valence-corrected chi connectivity index (χ1v) is 6.58. The summed E-state index contributed by atoms with van der Waals surface area (Å²) in [5, 5.41) is 10.7. The lowest BCUT2D eigenvalue weighted by atomic mass is 10.1. The van der Waals surface area contributed by atoms with Crippen LogP contribution in [0.2, 0.25) is 0 Å². The number of aliphatic carboxylic acids is 1. The van der Waals surface area contributed by atoms with Crippen molar-refractivity contribution in [1.82, 2.24) is 4.90 Å². The molecule has 5 heteroatoms. The van der Waals surface area contributed by atoms with Crippen LogP contribution in [0.3, 0.4) is 0 Å². The van der Waals surface area contributed by atoms with Gasteiger partial charge >= 0.3 is 5.97 Å². The van der Waals surface area contributed by atoms with Crippen molar-refractivity contribution in [1.29, 1.82) is 0 Å². The SMILES string of the molecule is O=C(O)CC1CCCN1C(=O)Cc1cccs1. The molecule has 92 valence electrons. The molecular weight excluding hydrogens is 238 g/mol. The molecule has 4 nitrogen and oxygen atoms in total. The molecule has 0 aromatic carbocycles. The molecule has 1 N–H and O–H groups in total. The van der Waals surface area contributed by atoms with Crippen LogP contribution in [0.5, 0.6) is 0 Å². The van der Waals surface area contributed by atoms with Crippen LogP contribution < -0.4 is 0 Å². The third-order valence-electron chi connectivity index (χ3n) is 3.01. The molecule has 2 heterocycles. The molecule has 17 heavy (non-hydrogen) atoms. The van der Waals surface area contributed by atoms with Gasteiger partial charge in [-0.15, -0.1) is 11.3 Å². The highest BCUT2D eigenvalue weighted by Crippen LogP contribution is 2.22. The smallest absolute Gasteiger partial charge is 0.305 e. The Kier molecular flexibility index (Phi) is 3.78. The summed E-state index contributed by atoms with van der Waals surface area (Å²) in [6.45, 7) is 0.697. The maximum absolute atomic E-state index is 12.0. The minimum Gasteiger partial charge on any atom is -0.481 e. The summed E-state index contributed by atoms with van der Waals surface area (Å²) in [7, 11) is 0. The Bertz CT molecular complexity index is 402. The van der Waals surface area contributed by atoms with E-state index in [4.69, 9.17) is 5.11 Å². The molecule has 1 aromatic rings. The van der Waals surface area contributed by atoms with Gasteiger partial charge in [-0.25, -0.2) is 0 Å². The van der Waals surface area contributed by atoms with Gasteiger partial charge in [-0.05, 0) is 24.3 Å². The van der Waals surface area contributed by atoms with Crippen LogP contribution in [0.15, 0.2) is 17.5 Å². The summed E-state index contributed by atoms with van der Waals surface area (Å²) < 4.78 is 0. The Morgan fingerprint density at radius 3 is 3.00 bits per heavy atom. The Morgan fingerprint density at radius 2 is 2.35 bits per heavy atom. The van der Waals surface area contributed by atoms with E-state index in [1.165, 1.54) is 0 Å². The quantitative estimate of drug-likeness (QED) is 0.889. The maximum Gasteiger partial charge on any atom is 0.305 e. The molecular formula is C12H15NO3S. The van der Waals surface area contributed by atoms with Gasteiger partial charge < -0.3 is 10.0 Å². The normalized spacial score (nSPS) is 19.5. The molecule has 0 radical (unpaired) electrons. The highest BCUT2D eigenvalue weighted by molar-refractivity contribution is 7.10.